The fourth-order valence-electron chi connectivity index (χ4n) is 4.00. The number of carbonyl (C=O) groups excluding carboxylic acids is 3. The second kappa shape index (κ2) is 11.2. The summed E-state index contributed by atoms with van der Waals surface area (Å²) in [6.45, 7) is 6.23. The van der Waals surface area contributed by atoms with Gasteiger partial charge in [0.25, 0.3) is 0 Å². The number of morpholine rings is 1. The van der Waals surface area contributed by atoms with Crippen molar-refractivity contribution in [3.05, 3.63) is 17.7 Å². The summed E-state index contributed by atoms with van der Waals surface area (Å²) < 4.78 is 11.8. The number of carbonyl (C=O) groups is 3. The van der Waals surface area contributed by atoms with Crippen LogP contribution >= 0.6 is 23.7 Å². The number of ether oxygens (including phenoxy) is 2. The van der Waals surface area contributed by atoms with Gasteiger partial charge in [-0.25, -0.2) is 4.98 Å². The van der Waals surface area contributed by atoms with Gasteiger partial charge in [0.05, 0.1) is 25.0 Å². The summed E-state index contributed by atoms with van der Waals surface area (Å²) in [7, 11) is 1.60. The van der Waals surface area contributed by atoms with Gasteiger partial charge in [0.2, 0.25) is 17.7 Å². The Morgan fingerprint density at radius 2 is 1.91 bits per heavy atom. The number of thiazole rings is 1. The van der Waals surface area contributed by atoms with Crippen LogP contribution < -0.4 is 9.64 Å². The third-order valence-electron chi connectivity index (χ3n) is 5.85. The third kappa shape index (κ3) is 5.63. The lowest BCUT2D eigenvalue weighted by Gasteiger charge is -2.28. The monoisotopic (exact) mass is 496 g/mol. The van der Waals surface area contributed by atoms with Gasteiger partial charge in [-0.1, -0.05) is 17.4 Å². The van der Waals surface area contributed by atoms with Crippen molar-refractivity contribution in [1.82, 2.24) is 14.8 Å². The highest BCUT2D eigenvalue weighted by atomic mass is 35.5. The van der Waals surface area contributed by atoms with Crippen LogP contribution in [0.2, 0.25) is 0 Å². The molecule has 33 heavy (non-hydrogen) atoms. The summed E-state index contributed by atoms with van der Waals surface area (Å²) in [6.07, 6.45) is 1.08. The number of nitrogens with zero attached hydrogens (tertiary/aromatic N) is 4. The van der Waals surface area contributed by atoms with Crippen molar-refractivity contribution in [2.24, 2.45) is 0 Å². The first-order valence-electron chi connectivity index (χ1n) is 10.9. The molecule has 0 aliphatic carbocycles. The Morgan fingerprint density at radius 3 is 2.58 bits per heavy atom. The predicted octanol–water partition coefficient (Wildman–Crippen LogP) is 2.24. The highest BCUT2D eigenvalue weighted by molar-refractivity contribution is 7.22. The fourth-order valence-corrected chi connectivity index (χ4v) is 5.10. The number of benzene rings is 1. The Labute approximate surface area is 203 Å². The second-order valence-corrected chi connectivity index (χ2v) is 8.96. The molecule has 1 aromatic carbocycles. The van der Waals surface area contributed by atoms with Gasteiger partial charge in [0, 0.05) is 39.0 Å². The van der Waals surface area contributed by atoms with Gasteiger partial charge < -0.3 is 9.47 Å². The van der Waals surface area contributed by atoms with Crippen molar-refractivity contribution in [3.63, 3.8) is 0 Å². The molecule has 0 atom stereocenters. The minimum Gasteiger partial charge on any atom is -0.494 e. The van der Waals surface area contributed by atoms with E-state index in [9.17, 15) is 14.4 Å². The van der Waals surface area contributed by atoms with Gasteiger partial charge in [-0.2, -0.15) is 0 Å². The number of imide groups is 1. The van der Waals surface area contributed by atoms with Gasteiger partial charge in [0.15, 0.2) is 5.13 Å². The number of methoxy groups -OCH3 is 1. The van der Waals surface area contributed by atoms with Crippen molar-refractivity contribution >= 4 is 56.8 Å². The van der Waals surface area contributed by atoms with Crippen molar-refractivity contribution in [3.8, 4) is 5.75 Å². The van der Waals surface area contributed by atoms with E-state index >= 15 is 0 Å². The van der Waals surface area contributed by atoms with E-state index in [1.165, 1.54) is 11.3 Å². The van der Waals surface area contributed by atoms with Gasteiger partial charge in [0.1, 0.15) is 17.8 Å². The second-order valence-electron chi connectivity index (χ2n) is 7.99. The van der Waals surface area contributed by atoms with Crippen LogP contribution in [0.25, 0.3) is 10.2 Å². The van der Waals surface area contributed by atoms with E-state index in [1.54, 1.807) is 12.0 Å². The van der Waals surface area contributed by atoms with E-state index < -0.39 is 0 Å². The van der Waals surface area contributed by atoms with Crippen molar-refractivity contribution in [2.75, 3.05) is 57.9 Å². The van der Waals surface area contributed by atoms with Crippen LogP contribution in [0.5, 0.6) is 5.75 Å². The highest BCUT2D eigenvalue weighted by Gasteiger charge is 2.33. The molecule has 2 fully saturated rings. The minimum absolute atomic E-state index is 0. The predicted molar refractivity (Wildman–Crippen MR) is 128 cm³/mol. The van der Waals surface area contributed by atoms with E-state index in [0.717, 1.165) is 54.4 Å². The zero-order valence-corrected chi connectivity index (χ0v) is 20.5. The number of amides is 3. The smallest absolute Gasteiger partial charge is 0.248 e. The summed E-state index contributed by atoms with van der Waals surface area (Å²) in [6, 6.07) is 3.84. The Bertz CT molecular complexity index is 1010. The number of aromatic nitrogens is 1. The molecule has 2 saturated heterocycles. The molecule has 11 heteroatoms. The Hall–Kier alpha value is -2.27. The maximum atomic E-state index is 13.3. The molecule has 0 saturated carbocycles. The molecule has 0 radical (unpaired) electrons. The SMILES string of the molecule is COc1ccc(C)c2sc(N(CCCN3CCOCC3)C(=O)CN3C(=O)CCC3=O)nc12.Cl. The van der Waals surface area contributed by atoms with Crippen molar-refractivity contribution in [1.29, 1.82) is 0 Å². The van der Waals surface area contributed by atoms with Crippen molar-refractivity contribution in [2.45, 2.75) is 26.2 Å². The molecule has 2 aromatic rings. The summed E-state index contributed by atoms with van der Waals surface area (Å²) in [5.41, 5.74) is 1.77. The molecule has 1 aromatic heterocycles. The summed E-state index contributed by atoms with van der Waals surface area (Å²) >= 11 is 1.43. The molecule has 180 valence electrons. The number of fused-ring (bicyclic) bond motifs is 1. The first kappa shape index (κ1) is 25.4. The van der Waals surface area contributed by atoms with Crippen LogP contribution in [0, 0.1) is 6.92 Å². The van der Waals surface area contributed by atoms with Crippen LogP contribution in [-0.2, 0) is 19.1 Å². The average molecular weight is 497 g/mol. The lowest BCUT2D eigenvalue weighted by Crippen LogP contribution is -2.44. The van der Waals surface area contributed by atoms with Crippen molar-refractivity contribution < 1.29 is 23.9 Å². The van der Waals surface area contributed by atoms with E-state index in [1.807, 2.05) is 19.1 Å². The van der Waals surface area contributed by atoms with Crippen LogP contribution in [0.3, 0.4) is 0 Å². The molecule has 9 nitrogen and oxygen atoms in total. The van der Waals surface area contributed by atoms with Crippen LogP contribution in [0.1, 0.15) is 24.8 Å². The number of anilines is 1. The summed E-state index contributed by atoms with van der Waals surface area (Å²) in [5.74, 6) is -0.234. The zero-order valence-electron chi connectivity index (χ0n) is 18.9. The van der Waals surface area contributed by atoms with Gasteiger partial charge in [-0.15, -0.1) is 12.4 Å². The van der Waals surface area contributed by atoms with E-state index in [4.69, 9.17) is 14.5 Å². The lowest BCUT2D eigenvalue weighted by atomic mass is 10.2. The molecule has 0 unspecified atom stereocenters. The van der Waals surface area contributed by atoms with Gasteiger partial charge >= 0.3 is 0 Å². The normalized spacial score (nSPS) is 16.8. The molecule has 3 heterocycles. The molecule has 0 spiro atoms. The molecule has 3 amide bonds. The maximum Gasteiger partial charge on any atom is 0.248 e. The lowest BCUT2D eigenvalue weighted by molar-refractivity contribution is -0.141. The molecule has 2 aliphatic heterocycles. The molecule has 0 N–H and O–H groups in total. The number of halogens is 1. The molecular weight excluding hydrogens is 468 g/mol. The van der Waals surface area contributed by atoms with Crippen LogP contribution in [-0.4, -0.2) is 85.6 Å². The zero-order chi connectivity index (χ0) is 22.7. The quantitative estimate of drug-likeness (QED) is 0.517. The molecular formula is C22H29ClN4O5S. The van der Waals surface area contributed by atoms with Gasteiger partial charge in [-0.3, -0.25) is 29.1 Å². The fraction of sp³-hybridized carbons (Fsp3) is 0.545. The number of hydrogen-bond donors (Lipinski definition) is 0. The standard InChI is InChI=1S/C22H28N4O5S.ClH/c1-15-4-5-16(30-2)20-21(15)32-22(23-20)25(9-3-8-24-10-12-31-13-11-24)19(29)14-26-17(27)6-7-18(26)28;/h4-5H,3,6-14H2,1-2H3;1H. The Balaban J connectivity index is 0.00000306. The molecule has 0 bridgehead atoms. The average Bonchev–Trinajstić information content (AvgIpc) is 3.37. The first-order valence-corrected chi connectivity index (χ1v) is 11.7. The third-order valence-corrected chi connectivity index (χ3v) is 7.07. The number of aryl methyl sites for hydroxylation is 1. The topological polar surface area (TPSA) is 92.3 Å². The Kier molecular flexibility index (Phi) is 8.63. The van der Waals surface area contributed by atoms with E-state index in [-0.39, 0.29) is 49.5 Å². The summed E-state index contributed by atoms with van der Waals surface area (Å²) in [4.78, 5) is 47.1. The van der Waals surface area contributed by atoms with Crippen LogP contribution in [0.4, 0.5) is 5.13 Å². The molecule has 4 rings (SSSR count). The van der Waals surface area contributed by atoms with Gasteiger partial charge in [-0.05, 0) is 25.0 Å². The minimum atomic E-state index is -0.300. The number of rotatable bonds is 8. The van der Waals surface area contributed by atoms with E-state index in [2.05, 4.69) is 4.90 Å². The largest absolute Gasteiger partial charge is 0.494 e. The summed E-state index contributed by atoms with van der Waals surface area (Å²) in [5, 5.41) is 0.554. The number of likely N-dealkylation sites (tertiary alicyclic amines) is 1. The Morgan fingerprint density at radius 1 is 1.21 bits per heavy atom. The first-order chi connectivity index (χ1) is 15.5. The van der Waals surface area contributed by atoms with Crippen LogP contribution in [0.15, 0.2) is 12.1 Å². The molecule has 2 aliphatic rings. The van der Waals surface area contributed by atoms with E-state index in [0.29, 0.717) is 22.9 Å². The number of hydrogen-bond acceptors (Lipinski definition) is 8. The maximum absolute atomic E-state index is 13.3. The highest BCUT2D eigenvalue weighted by Crippen LogP contribution is 2.36.